The molecule has 0 radical (unpaired) electrons. The lowest BCUT2D eigenvalue weighted by atomic mass is 10.2. The molecule has 2 N–H and O–H groups in total. The van der Waals surface area contributed by atoms with Crippen molar-refractivity contribution in [2.45, 2.75) is 13.5 Å². The van der Waals surface area contributed by atoms with Gasteiger partial charge in [-0.2, -0.15) is 5.10 Å². The van der Waals surface area contributed by atoms with Crippen LogP contribution in [0.2, 0.25) is 0 Å². The van der Waals surface area contributed by atoms with Crippen molar-refractivity contribution in [2.75, 3.05) is 13.6 Å². The number of benzene rings is 1. The van der Waals surface area contributed by atoms with Gasteiger partial charge in [0.05, 0.1) is 13.1 Å². The average molecular weight is 287 g/mol. The number of hydrogen-bond acceptors (Lipinski definition) is 4. The molecule has 0 saturated carbocycles. The molecule has 0 aliphatic heterocycles. The van der Waals surface area contributed by atoms with Crippen molar-refractivity contribution in [1.29, 1.82) is 0 Å². The SMILES string of the molecule is Cc1nc(CN(C)C(=O)CNC(=O)c2ccccc2)n[nH]1. The zero-order valence-electron chi connectivity index (χ0n) is 12.0. The Balaban J connectivity index is 1.82. The Bertz CT molecular complexity index is 623. The van der Waals surface area contributed by atoms with E-state index in [2.05, 4.69) is 20.5 Å². The van der Waals surface area contributed by atoms with Crippen molar-refractivity contribution < 1.29 is 9.59 Å². The Morgan fingerprint density at radius 1 is 1.29 bits per heavy atom. The quantitative estimate of drug-likeness (QED) is 0.838. The molecule has 2 rings (SSSR count). The van der Waals surface area contributed by atoms with E-state index in [0.29, 0.717) is 23.8 Å². The summed E-state index contributed by atoms with van der Waals surface area (Å²) in [4.78, 5) is 29.4. The molecule has 2 amide bonds. The van der Waals surface area contributed by atoms with E-state index in [4.69, 9.17) is 0 Å². The minimum Gasteiger partial charge on any atom is -0.343 e. The number of aromatic nitrogens is 3. The highest BCUT2D eigenvalue weighted by atomic mass is 16.2. The van der Waals surface area contributed by atoms with Gasteiger partial charge in [0.1, 0.15) is 5.82 Å². The number of nitrogens with zero attached hydrogens (tertiary/aromatic N) is 3. The van der Waals surface area contributed by atoms with Gasteiger partial charge in [0.25, 0.3) is 5.91 Å². The van der Waals surface area contributed by atoms with Crippen LogP contribution in [0.3, 0.4) is 0 Å². The maximum Gasteiger partial charge on any atom is 0.251 e. The highest BCUT2D eigenvalue weighted by molar-refractivity contribution is 5.96. The summed E-state index contributed by atoms with van der Waals surface area (Å²) >= 11 is 0. The second-order valence-electron chi connectivity index (χ2n) is 4.64. The molecule has 110 valence electrons. The number of H-pyrrole nitrogens is 1. The van der Waals surface area contributed by atoms with Gasteiger partial charge in [-0.1, -0.05) is 18.2 Å². The number of aromatic amines is 1. The Labute approximate surface area is 122 Å². The third-order valence-corrected chi connectivity index (χ3v) is 2.88. The second-order valence-corrected chi connectivity index (χ2v) is 4.64. The van der Waals surface area contributed by atoms with Crippen LogP contribution >= 0.6 is 0 Å². The predicted molar refractivity (Wildman–Crippen MR) is 76.4 cm³/mol. The minimum atomic E-state index is -0.272. The number of aryl methyl sites for hydroxylation is 1. The lowest BCUT2D eigenvalue weighted by Gasteiger charge is -2.15. The fourth-order valence-electron chi connectivity index (χ4n) is 1.74. The van der Waals surface area contributed by atoms with Gasteiger partial charge in [-0.05, 0) is 19.1 Å². The number of rotatable bonds is 5. The summed E-state index contributed by atoms with van der Waals surface area (Å²) in [5.41, 5.74) is 0.526. The van der Waals surface area contributed by atoms with Gasteiger partial charge in [0.2, 0.25) is 5.91 Å². The van der Waals surface area contributed by atoms with E-state index in [1.54, 1.807) is 38.2 Å². The molecule has 0 fully saturated rings. The third-order valence-electron chi connectivity index (χ3n) is 2.88. The van der Waals surface area contributed by atoms with Crippen LogP contribution in [-0.4, -0.2) is 45.5 Å². The van der Waals surface area contributed by atoms with E-state index in [9.17, 15) is 9.59 Å². The molecule has 0 atom stereocenters. The summed E-state index contributed by atoms with van der Waals surface area (Å²) in [6, 6.07) is 8.76. The lowest BCUT2D eigenvalue weighted by Crippen LogP contribution is -2.38. The average Bonchev–Trinajstić information content (AvgIpc) is 2.90. The van der Waals surface area contributed by atoms with Gasteiger partial charge in [0, 0.05) is 12.6 Å². The van der Waals surface area contributed by atoms with Crippen LogP contribution in [0.4, 0.5) is 0 Å². The molecule has 0 saturated heterocycles. The molecule has 0 unspecified atom stereocenters. The number of nitrogens with one attached hydrogen (secondary N) is 2. The third kappa shape index (κ3) is 4.13. The monoisotopic (exact) mass is 287 g/mol. The van der Waals surface area contributed by atoms with Crippen molar-refractivity contribution in [3.8, 4) is 0 Å². The topological polar surface area (TPSA) is 91.0 Å². The molecule has 0 bridgehead atoms. The van der Waals surface area contributed by atoms with Crippen molar-refractivity contribution in [3.63, 3.8) is 0 Å². The number of hydrogen-bond donors (Lipinski definition) is 2. The Hall–Kier alpha value is -2.70. The summed E-state index contributed by atoms with van der Waals surface area (Å²) in [7, 11) is 1.64. The maximum atomic E-state index is 11.9. The van der Waals surface area contributed by atoms with Gasteiger partial charge in [-0.15, -0.1) is 0 Å². The number of likely N-dealkylation sites (N-methyl/N-ethyl adjacent to an activating group) is 1. The summed E-state index contributed by atoms with van der Waals surface area (Å²) < 4.78 is 0. The molecule has 0 aliphatic carbocycles. The number of amides is 2. The minimum absolute atomic E-state index is 0.0619. The number of carbonyl (C=O) groups excluding carboxylic acids is 2. The molecular weight excluding hydrogens is 270 g/mol. The van der Waals surface area contributed by atoms with E-state index in [1.165, 1.54) is 4.90 Å². The molecule has 1 heterocycles. The van der Waals surface area contributed by atoms with Crippen molar-refractivity contribution >= 4 is 11.8 Å². The van der Waals surface area contributed by atoms with Crippen LogP contribution in [0.5, 0.6) is 0 Å². The van der Waals surface area contributed by atoms with Crippen LogP contribution in [0.1, 0.15) is 22.0 Å². The zero-order valence-corrected chi connectivity index (χ0v) is 12.0. The van der Waals surface area contributed by atoms with Gasteiger partial charge in [-0.3, -0.25) is 14.7 Å². The van der Waals surface area contributed by atoms with Crippen LogP contribution in [-0.2, 0) is 11.3 Å². The first-order valence-corrected chi connectivity index (χ1v) is 6.51. The molecule has 7 nitrogen and oxygen atoms in total. The van der Waals surface area contributed by atoms with Gasteiger partial charge in [-0.25, -0.2) is 4.98 Å². The van der Waals surface area contributed by atoms with E-state index >= 15 is 0 Å². The Morgan fingerprint density at radius 2 is 2.00 bits per heavy atom. The largest absolute Gasteiger partial charge is 0.343 e. The standard InChI is InChI=1S/C14H17N5O2/c1-10-16-12(18-17-10)9-19(2)13(20)8-15-14(21)11-6-4-3-5-7-11/h3-7H,8-9H2,1-2H3,(H,15,21)(H,16,17,18). The van der Waals surface area contributed by atoms with Crippen molar-refractivity contribution in [2.24, 2.45) is 0 Å². The van der Waals surface area contributed by atoms with Gasteiger partial charge >= 0.3 is 0 Å². The fourth-order valence-corrected chi connectivity index (χ4v) is 1.74. The van der Waals surface area contributed by atoms with Crippen LogP contribution in [0.25, 0.3) is 0 Å². The maximum absolute atomic E-state index is 11.9. The molecule has 7 heteroatoms. The van der Waals surface area contributed by atoms with Crippen molar-refractivity contribution in [1.82, 2.24) is 25.4 Å². The molecule has 1 aromatic heterocycles. The van der Waals surface area contributed by atoms with Crippen LogP contribution < -0.4 is 5.32 Å². The Kier molecular flexibility index (Phi) is 4.65. The molecule has 21 heavy (non-hydrogen) atoms. The van der Waals surface area contributed by atoms with E-state index in [1.807, 2.05) is 6.07 Å². The summed E-state index contributed by atoms with van der Waals surface area (Å²) in [6.45, 7) is 2.02. The first-order chi connectivity index (χ1) is 10.1. The summed E-state index contributed by atoms with van der Waals surface area (Å²) in [5.74, 6) is 0.758. The first-order valence-electron chi connectivity index (χ1n) is 6.51. The smallest absolute Gasteiger partial charge is 0.251 e. The van der Waals surface area contributed by atoms with E-state index in [-0.39, 0.29) is 18.4 Å². The highest BCUT2D eigenvalue weighted by Gasteiger charge is 2.13. The summed E-state index contributed by atoms with van der Waals surface area (Å²) in [5, 5.41) is 9.27. The highest BCUT2D eigenvalue weighted by Crippen LogP contribution is 1.99. The lowest BCUT2D eigenvalue weighted by molar-refractivity contribution is -0.129. The van der Waals surface area contributed by atoms with Gasteiger partial charge in [0.15, 0.2) is 5.82 Å². The van der Waals surface area contributed by atoms with Gasteiger partial charge < -0.3 is 10.2 Å². The molecule has 2 aromatic rings. The van der Waals surface area contributed by atoms with E-state index < -0.39 is 0 Å². The second kappa shape index (κ2) is 6.65. The van der Waals surface area contributed by atoms with E-state index in [0.717, 1.165) is 0 Å². The normalized spacial score (nSPS) is 10.2. The molecule has 1 aromatic carbocycles. The van der Waals surface area contributed by atoms with Crippen LogP contribution in [0, 0.1) is 6.92 Å². The summed E-state index contributed by atoms with van der Waals surface area (Å²) in [6.07, 6.45) is 0. The number of carbonyl (C=O) groups is 2. The first kappa shape index (κ1) is 14.7. The zero-order chi connectivity index (χ0) is 15.2. The Morgan fingerprint density at radius 3 is 2.62 bits per heavy atom. The fraction of sp³-hybridized carbons (Fsp3) is 0.286. The van der Waals surface area contributed by atoms with Crippen LogP contribution in [0.15, 0.2) is 30.3 Å². The molecular formula is C14H17N5O2. The van der Waals surface area contributed by atoms with Crippen molar-refractivity contribution in [3.05, 3.63) is 47.5 Å². The molecule has 0 aliphatic rings. The predicted octanol–water partition coefficient (Wildman–Crippen LogP) is 0.502. The molecule has 0 spiro atoms.